The van der Waals surface area contributed by atoms with Crippen molar-refractivity contribution in [1.82, 2.24) is 10.3 Å². The quantitative estimate of drug-likeness (QED) is 0.277. The molecule has 0 spiro atoms. The van der Waals surface area contributed by atoms with Crippen LogP contribution in [-0.2, 0) is 0 Å². The molecule has 76 valence electrons. The van der Waals surface area contributed by atoms with Crippen molar-refractivity contribution in [2.75, 3.05) is 25.4 Å². The Kier molecular flexibility index (Phi) is 4.38. The second kappa shape index (κ2) is 5.34. The lowest BCUT2D eigenvalue weighted by molar-refractivity contribution is 0.418. The van der Waals surface area contributed by atoms with Crippen LogP contribution >= 0.6 is 11.8 Å². The van der Waals surface area contributed by atoms with E-state index >= 15 is 0 Å². The fraction of sp³-hybridized carbons (Fsp3) is 0.875. The van der Waals surface area contributed by atoms with Crippen molar-refractivity contribution in [3.8, 4) is 0 Å². The summed E-state index contributed by atoms with van der Waals surface area (Å²) in [6, 6.07) is 0. The predicted molar refractivity (Wildman–Crippen MR) is 58.8 cm³/mol. The van der Waals surface area contributed by atoms with Gasteiger partial charge in [0.15, 0.2) is 0 Å². The van der Waals surface area contributed by atoms with E-state index in [0.717, 1.165) is 31.3 Å². The smallest absolute Gasteiger partial charge is 0.208 e. The first-order chi connectivity index (χ1) is 6.27. The van der Waals surface area contributed by atoms with Crippen LogP contribution in [0.15, 0.2) is 4.99 Å². The number of rotatable bonds is 1. The third kappa shape index (κ3) is 3.08. The molecule has 1 rings (SSSR count). The monoisotopic (exact) mass is 202 g/mol. The van der Waals surface area contributed by atoms with Crippen molar-refractivity contribution in [2.24, 2.45) is 10.8 Å². The van der Waals surface area contributed by atoms with Gasteiger partial charge in [0.2, 0.25) is 5.96 Å². The van der Waals surface area contributed by atoms with Gasteiger partial charge in [0, 0.05) is 30.6 Å². The molecule has 1 fully saturated rings. The van der Waals surface area contributed by atoms with E-state index in [1.54, 1.807) is 0 Å². The fourth-order valence-electron chi connectivity index (χ4n) is 1.40. The molecule has 0 amide bonds. The molecule has 13 heavy (non-hydrogen) atoms. The number of guanidine groups is 1. The largest absolute Gasteiger partial charge is 0.340 e. The highest BCUT2D eigenvalue weighted by atomic mass is 32.2. The highest BCUT2D eigenvalue weighted by Gasteiger charge is 2.18. The SMILES string of the molecule is CCN=C(NN)N1CCSC(C)C1. The third-order valence-corrected chi connectivity index (χ3v) is 3.11. The summed E-state index contributed by atoms with van der Waals surface area (Å²) in [6.07, 6.45) is 0. The van der Waals surface area contributed by atoms with Gasteiger partial charge in [0.05, 0.1) is 0 Å². The average Bonchev–Trinajstić information content (AvgIpc) is 2.14. The molecule has 0 bridgehead atoms. The summed E-state index contributed by atoms with van der Waals surface area (Å²) in [4.78, 5) is 6.51. The Bertz CT molecular complexity index is 183. The zero-order valence-electron chi connectivity index (χ0n) is 8.29. The van der Waals surface area contributed by atoms with E-state index in [1.807, 2.05) is 18.7 Å². The van der Waals surface area contributed by atoms with Crippen LogP contribution in [0.4, 0.5) is 0 Å². The van der Waals surface area contributed by atoms with Crippen molar-refractivity contribution in [2.45, 2.75) is 19.1 Å². The first kappa shape index (κ1) is 10.7. The van der Waals surface area contributed by atoms with Gasteiger partial charge in [-0.3, -0.25) is 10.4 Å². The molecule has 1 atom stereocenters. The molecule has 0 aliphatic carbocycles. The van der Waals surface area contributed by atoms with Gasteiger partial charge in [-0.2, -0.15) is 11.8 Å². The molecule has 0 aromatic rings. The minimum atomic E-state index is 0.671. The second-order valence-electron chi connectivity index (χ2n) is 3.07. The predicted octanol–water partition coefficient (Wildman–Crippen LogP) is 0.263. The Morgan fingerprint density at radius 1 is 1.77 bits per heavy atom. The summed E-state index contributed by atoms with van der Waals surface area (Å²) >= 11 is 2.00. The summed E-state index contributed by atoms with van der Waals surface area (Å²) in [7, 11) is 0. The lowest BCUT2D eigenvalue weighted by atomic mass is 10.4. The Hall–Kier alpha value is -0.420. The van der Waals surface area contributed by atoms with E-state index < -0.39 is 0 Å². The number of hydrogen-bond acceptors (Lipinski definition) is 3. The zero-order valence-corrected chi connectivity index (χ0v) is 9.10. The van der Waals surface area contributed by atoms with Crippen LogP contribution in [0.25, 0.3) is 0 Å². The van der Waals surface area contributed by atoms with E-state index in [0.29, 0.717) is 5.25 Å². The van der Waals surface area contributed by atoms with E-state index in [-0.39, 0.29) is 0 Å². The maximum Gasteiger partial charge on any atom is 0.208 e. The number of hydrogen-bond donors (Lipinski definition) is 2. The molecule has 5 heteroatoms. The Morgan fingerprint density at radius 3 is 3.08 bits per heavy atom. The van der Waals surface area contributed by atoms with Gasteiger partial charge < -0.3 is 4.90 Å². The summed E-state index contributed by atoms with van der Waals surface area (Å²) in [6.45, 7) is 7.10. The highest BCUT2D eigenvalue weighted by molar-refractivity contribution is 7.99. The summed E-state index contributed by atoms with van der Waals surface area (Å²) in [5.74, 6) is 7.39. The minimum Gasteiger partial charge on any atom is -0.340 e. The van der Waals surface area contributed by atoms with Gasteiger partial charge in [-0.25, -0.2) is 5.84 Å². The van der Waals surface area contributed by atoms with Gasteiger partial charge in [0.1, 0.15) is 0 Å². The van der Waals surface area contributed by atoms with E-state index in [4.69, 9.17) is 5.84 Å². The molecule has 0 aromatic heterocycles. The first-order valence-corrected chi connectivity index (χ1v) is 5.70. The Morgan fingerprint density at radius 2 is 2.54 bits per heavy atom. The molecule has 1 aliphatic heterocycles. The van der Waals surface area contributed by atoms with Crippen molar-refractivity contribution >= 4 is 17.7 Å². The van der Waals surface area contributed by atoms with Gasteiger partial charge in [-0.15, -0.1) is 0 Å². The average molecular weight is 202 g/mol. The maximum absolute atomic E-state index is 5.41. The molecule has 1 unspecified atom stereocenters. The van der Waals surface area contributed by atoms with Crippen molar-refractivity contribution in [3.63, 3.8) is 0 Å². The molecule has 0 aromatic carbocycles. The summed E-state index contributed by atoms with van der Waals surface area (Å²) < 4.78 is 0. The van der Waals surface area contributed by atoms with Crippen LogP contribution < -0.4 is 11.3 Å². The number of nitrogens with zero attached hydrogens (tertiary/aromatic N) is 2. The number of thioether (sulfide) groups is 1. The van der Waals surface area contributed by atoms with Crippen LogP contribution in [0.5, 0.6) is 0 Å². The zero-order chi connectivity index (χ0) is 9.68. The Labute approximate surface area is 83.9 Å². The number of aliphatic imine (C=N–C) groups is 1. The van der Waals surface area contributed by atoms with Crippen LogP contribution in [0, 0.1) is 0 Å². The van der Waals surface area contributed by atoms with Crippen molar-refractivity contribution in [3.05, 3.63) is 0 Å². The number of hydrazine groups is 1. The fourth-order valence-corrected chi connectivity index (χ4v) is 2.41. The lowest BCUT2D eigenvalue weighted by Gasteiger charge is -2.32. The second-order valence-corrected chi connectivity index (χ2v) is 4.62. The van der Waals surface area contributed by atoms with E-state index in [1.165, 1.54) is 0 Å². The van der Waals surface area contributed by atoms with Crippen molar-refractivity contribution in [1.29, 1.82) is 0 Å². The molecule has 0 radical (unpaired) electrons. The third-order valence-electron chi connectivity index (χ3n) is 1.98. The van der Waals surface area contributed by atoms with Crippen molar-refractivity contribution < 1.29 is 0 Å². The topological polar surface area (TPSA) is 53.6 Å². The summed E-state index contributed by atoms with van der Waals surface area (Å²) in [5.41, 5.74) is 2.66. The number of nitrogens with two attached hydrogens (primary N) is 1. The minimum absolute atomic E-state index is 0.671. The van der Waals surface area contributed by atoms with E-state index in [2.05, 4.69) is 22.2 Å². The molecule has 1 heterocycles. The lowest BCUT2D eigenvalue weighted by Crippen LogP contribution is -2.49. The molecule has 1 saturated heterocycles. The maximum atomic E-state index is 5.41. The van der Waals surface area contributed by atoms with E-state index in [9.17, 15) is 0 Å². The van der Waals surface area contributed by atoms with Gasteiger partial charge in [-0.05, 0) is 6.92 Å². The standard InChI is InChI=1S/C8H18N4S/c1-3-10-8(11-9)12-4-5-13-7(2)6-12/h7H,3-6,9H2,1-2H3,(H,10,11). The molecule has 3 N–H and O–H groups in total. The highest BCUT2D eigenvalue weighted by Crippen LogP contribution is 2.17. The molecular formula is C8H18N4S. The number of nitrogens with one attached hydrogen (secondary N) is 1. The first-order valence-electron chi connectivity index (χ1n) is 4.65. The van der Waals surface area contributed by atoms with Crippen LogP contribution in [0.1, 0.15) is 13.8 Å². The van der Waals surface area contributed by atoms with Crippen LogP contribution in [0.2, 0.25) is 0 Å². The van der Waals surface area contributed by atoms with Gasteiger partial charge in [0.25, 0.3) is 0 Å². The molecular weight excluding hydrogens is 184 g/mol. The normalized spacial score (nSPS) is 24.7. The van der Waals surface area contributed by atoms with Crippen LogP contribution in [0.3, 0.4) is 0 Å². The molecule has 0 saturated carbocycles. The molecule has 1 aliphatic rings. The van der Waals surface area contributed by atoms with Crippen LogP contribution in [-0.4, -0.2) is 41.5 Å². The molecule has 4 nitrogen and oxygen atoms in total. The Balaban J connectivity index is 2.52. The summed E-state index contributed by atoms with van der Waals surface area (Å²) in [5, 5.41) is 0.671. The van der Waals surface area contributed by atoms with Gasteiger partial charge >= 0.3 is 0 Å². The van der Waals surface area contributed by atoms with Gasteiger partial charge in [-0.1, -0.05) is 6.92 Å².